The van der Waals surface area contributed by atoms with E-state index in [1.165, 1.54) is 11.8 Å². The van der Waals surface area contributed by atoms with Gasteiger partial charge in [0.05, 0.1) is 18.1 Å². The maximum atomic E-state index is 11.7. The number of hydrogen-bond donors (Lipinski definition) is 1. The first-order valence-corrected chi connectivity index (χ1v) is 7.80. The largest absolute Gasteiger partial charge is 0.489 e. The summed E-state index contributed by atoms with van der Waals surface area (Å²) in [5.74, 6) is 1.29. The Morgan fingerprint density at radius 3 is 2.67 bits per heavy atom. The van der Waals surface area contributed by atoms with Crippen molar-refractivity contribution in [1.29, 1.82) is 0 Å². The van der Waals surface area contributed by atoms with Crippen molar-refractivity contribution in [3.8, 4) is 11.5 Å². The van der Waals surface area contributed by atoms with Gasteiger partial charge in [0.2, 0.25) is 0 Å². The van der Waals surface area contributed by atoms with E-state index in [4.69, 9.17) is 21.7 Å². The van der Waals surface area contributed by atoms with E-state index in [1.54, 1.807) is 6.08 Å². The number of rotatable bonds is 1. The Hall–Kier alpha value is -1.53. The fraction of sp³-hybridized carbons (Fsp3) is 0.333. The number of thiocarbonyl (C=S) groups is 1. The van der Waals surface area contributed by atoms with E-state index < -0.39 is 0 Å². The molecule has 1 aromatic rings. The molecule has 0 saturated carbocycles. The van der Waals surface area contributed by atoms with Gasteiger partial charge in [0, 0.05) is 5.41 Å². The van der Waals surface area contributed by atoms with Crippen molar-refractivity contribution in [1.82, 2.24) is 5.32 Å². The number of benzene rings is 1. The van der Waals surface area contributed by atoms with Crippen LogP contribution in [0.3, 0.4) is 0 Å². The number of carbonyl (C=O) groups excluding carboxylic acids is 1. The molecule has 1 amide bonds. The van der Waals surface area contributed by atoms with Gasteiger partial charge in [0.1, 0.15) is 4.32 Å². The zero-order valence-electron chi connectivity index (χ0n) is 11.8. The number of fused-ring (bicyclic) bond motifs is 1. The Bertz CT molecular complexity index is 652. The van der Waals surface area contributed by atoms with Crippen LogP contribution in [-0.4, -0.2) is 23.4 Å². The molecule has 0 aliphatic carbocycles. The Morgan fingerprint density at radius 2 is 2.00 bits per heavy atom. The van der Waals surface area contributed by atoms with Crippen LogP contribution in [0, 0.1) is 5.41 Å². The molecule has 2 heterocycles. The number of amides is 1. The zero-order chi connectivity index (χ0) is 15.0. The zero-order valence-corrected chi connectivity index (χ0v) is 13.4. The number of carbonyl (C=O) groups is 1. The van der Waals surface area contributed by atoms with Gasteiger partial charge >= 0.3 is 0 Å². The van der Waals surface area contributed by atoms with Crippen LogP contribution in [-0.2, 0) is 4.79 Å². The highest BCUT2D eigenvalue weighted by atomic mass is 32.2. The molecule has 0 unspecified atom stereocenters. The van der Waals surface area contributed by atoms with E-state index in [-0.39, 0.29) is 11.3 Å². The van der Waals surface area contributed by atoms with E-state index in [1.807, 2.05) is 18.2 Å². The third-order valence-corrected chi connectivity index (χ3v) is 4.31. The highest BCUT2D eigenvalue weighted by molar-refractivity contribution is 8.26. The predicted octanol–water partition coefficient (Wildman–Crippen LogP) is 2.97. The molecule has 0 spiro atoms. The van der Waals surface area contributed by atoms with Crippen molar-refractivity contribution in [2.24, 2.45) is 5.41 Å². The fourth-order valence-corrected chi connectivity index (χ4v) is 3.05. The first kappa shape index (κ1) is 14.4. The molecular weight excluding hydrogens is 306 g/mol. The summed E-state index contributed by atoms with van der Waals surface area (Å²) >= 11 is 6.24. The lowest BCUT2D eigenvalue weighted by atomic mass is 9.97. The molecule has 3 rings (SSSR count). The van der Waals surface area contributed by atoms with Crippen LogP contribution in [0.1, 0.15) is 19.4 Å². The molecule has 1 aromatic carbocycles. The topological polar surface area (TPSA) is 47.6 Å². The molecule has 2 aliphatic heterocycles. The molecule has 21 heavy (non-hydrogen) atoms. The highest BCUT2D eigenvalue weighted by Gasteiger charge is 2.26. The SMILES string of the molecule is CC1(C)COc2ccc(/C=C3/SC(=S)NC3=O)cc2OC1. The number of nitrogens with one attached hydrogen (secondary N) is 1. The van der Waals surface area contributed by atoms with Crippen molar-refractivity contribution in [2.75, 3.05) is 13.2 Å². The second-order valence-electron chi connectivity index (χ2n) is 5.80. The minimum atomic E-state index is -0.154. The van der Waals surface area contributed by atoms with Crippen LogP contribution in [0.2, 0.25) is 0 Å². The minimum Gasteiger partial charge on any atom is -0.489 e. The molecule has 4 nitrogen and oxygen atoms in total. The summed E-state index contributed by atoms with van der Waals surface area (Å²) in [6.45, 7) is 5.41. The van der Waals surface area contributed by atoms with E-state index >= 15 is 0 Å². The number of thioether (sulfide) groups is 1. The third-order valence-electron chi connectivity index (χ3n) is 3.14. The van der Waals surface area contributed by atoms with Gasteiger partial charge in [0.15, 0.2) is 11.5 Å². The smallest absolute Gasteiger partial charge is 0.263 e. The summed E-state index contributed by atoms with van der Waals surface area (Å²) in [7, 11) is 0. The Labute approximate surface area is 132 Å². The highest BCUT2D eigenvalue weighted by Crippen LogP contribution is 2.35. The lowest BCUT2D eigenvalue weighted by Crippen LogP contribution is -2.26. The summed E-state index contributed by atoms with van der Waals surface area (Å²) in [6.07, 6.45) is 1.80. The van der Waals surface area contributed by atoms with Gasteiger partial charge in [-0.25, -0.2) is 0 Å². The molecule has 0 aromatic heterocycles. The second kappa shape index (κ2) is 5.35. The van der Waals surface area contributed by atoms with E-state index in [9.17, 15) is 4.79 Å². The molecule has 2 aliphatic rings. The molecule has 0 bridgehead atoms. The standard InChI is InChI=1S/C15H15NO3S2/c1-15(2)7-18-10-4-3-9(5-11(10)19-8-15)6-12-13(17)16-14(20)21-12/h3-6H,7-8H2,1-2H3,(H,16,17,20)/b12-6+. The minimum absolute atomic E-state index is 0.0228. The van der Waals surface area contributed by atoms with Crippen LogP contribution in [0.15, 0.2) is 23.1 Å². The molecule has 6 heteroatoms. The maximum absolute atomic E-state index is 11.7. The molecule has 1 fully saturated rings. The maximum Gasteiger partial charge on any atom is 0.263 e. The summed E-state index contributed by atoms with van der Waals surface area (Å²) < 4.78 is 12.1. The van der Waals surface area contributed by atoms with Gasteiger partial charge in [-0.15, -0.1) is 0 Å². The third kappa shape index (κ3) is 3.22. The first-order valence-electron chi connectivity index (χ1n) is 6.57. The molecular formula is C15H15NO3S2. The average molecular weight is 321 g/mol. The van der Waals surface area contributed by atoms with Crippen LogP contribution in [0.4, 0.5) is 0 Å². The predicted molar refractivity (Wildman–Crippen MR) is 87.5 cm³/mol. The van der Waals surface area contributed by atoms with Crippen LogP contribution in [0.25, 0.3) is 6.08 Å². The summed E-state index contributed by atoms with van der Waals surface area (Å²) in [5.41, 5.74) is 0.866. The van der Waals surface area contributed by atoms with Crippen LogP contribution in [0.5, 0.6) is 11.5 Å². The van der Waals surface area contributed by atoms with Gasteiger partial charge in [-0.2, -0.15) is 0 Å². The van der Waals surface area contributed by atoms with Gasteiger partial charge in [-0.3, -0.25) is 4.79 Å². The molecule has 110 valence electrons. The van der Waals surface area contributed by atoms with Crippen molar-refractivity contribution in [2.45, 2.75) is 13.8 Å². The summed E-state index contributed by atoms with van der Waals surface area (Å²) in [6, 6.07) is 5.67. The molecule has 0 radical (unpaired) electrons. The number of hydrogen-bond acceptors (Lipinski definition) is 5. The van der Waals surface area contributed by atoms with Gasteiger partial charge < -0.3 is 14.8 Å². The van der Waals surface area contributed by atoms with Gasteiger partial charge in [0.25, 0.3) is 5.91 Å². The van der Waals surface area contributed by atoms with Crippen molar-refractivity contribution in [3.63, 3.8) is 0 Å². The van der Waals surface area contributed by atoms with Crippen molar-refractivity contribution >= 4 is 40.3 Å². The Morgan fingerprint density at radius 1 is 1.29 bits per heavy atom. The molecule has 0 atom stereocenters. The van der Waals surface area contributed by atoms with Crippen molar-refractivity contribution in [3.05, 3.63) is 28.7 Å². The van der Waals surface area contributed by atoms with E-state index in [0.717, 1.165) is 11.3 Å². The number of ether oxygens (including phenoxy) is 2. The van der Waals surface area contributed by atoms with Crippen LogP contribution < -0.4 is 14.8 Å². The molecule has 1 N–H and O–H groups in total. The average Bonchev–Trinajstić information content (AvgIpc) is 2.64. The van der Waals surface area contributed by atoms with Crippen LogP contribution >= 0.6 is 24.0 Å². The summed E-state index contributed by atoms with van der Waals surface area (Å²) in [5, 5.41) is 2.60. The van der Waals surface area contributed by atoms with E-state index in [2.05, 4.69) is 19.2 Å². The van der Waals surface area contributed by atoms with Gasteiger partial charge in [-0.1, -0.05) is 43.9 Å². The lowest BCUT2D eigenvalue weighted by Gasteiger charge is -2.19. The normalized spacial score (nSPS) is 22.1. The fourth-order valence-electron chi connectivity index (χ4n) is 2.01. The Balaban J connectivity index is 1.87. The quantitative estimate of drug-likeness (QED) is 0.636. The molecule has 1 saturated heterocycles. The second-order valence-corrected chi connectivity index (χ2v) is 7.52. The first-order chi connectivity index (χ1) is 9.93. The monoisotopic (exact) mass is 321 g/mol. The van der Waals surface area contributed by atoms with E-state index in [0.29, 0.717) is 28.2 Å². The lowest BCUT2D eigenvalue weighted by molar-refractivity contribution is -0.115. The summed E-state index contributed by atoms with van der Waals surface area (Å²) in [4.78, 5) is 12.3. The van der Waals surface area contributed by atoms with Gasteiger partial charge in [-0.05, 0) is 23.8 Å². The van der Waals surface area contributed by atoms with Crippen molar-refractivity contribution < 1.29 is 14.3 Å². The Kier molecular flexibility index (Phi) is 3.67.